The number of benzene rings is 2. The summed E-state index contributed by atoms with van der Waals surface area (Å²) in [5, 5.41) is 4.79. The summed E-state index contributed by atoms with van der Waals surface area (Å²) in [6.45, 7) is 5.06. The first-order chi connectivity index (χ1) is 15.0. The van der Waals surface area contributed by atoms with E-state index in [0.717, 1.165) is 23.2 Å². The number of carbonyl (C=O) groups excluding carboxylic acids is 1. The molecule has 2 aromatic carbocycles. The number of aryl methyl sites for hydroxylation is 1. The zero-order chi connectivity index (χ0) is 22.0. The molecule has 1 atom stereocenters. The highest BCUT2D eigenvalue weighted by Crippen LogP contribution is 2.35. The number of halogens is 1. The van der Waals surface area contributed by atoms with Gasteiger partial charge in [-0.25, -0.2) is 0 Å². The van der Waals surface area contributed by atoms with Crippen molar-refractivity contribution in [1.82, 2.24) is 10.1 Å². The van der Waals surface area contributed by atoms with Crippen LogP contribution in [-0.4, -0.2) is 36.3 Å². The van der Waals surface area contributed by atoms with E-state index in [9.17, 15) is 4.79 Å². The van der Waals surface area contributed by atoms with Crippen molar-refractivity contribution in [1.29, 1.82) is 0 Å². The number of nitrogens with zero attached hydrogens (tertiary/aromatic N) is 3. The zero-order valence-corrected chi connectivity index (χ0v) is 18.5. The van der Waals surface area contributed by atoms with Gasteiger partial charge in [-0.05, 0) is 55.3 Å². The van der Waals surface area contributed by atoms with Crippen molar-refractivity contribution < 1.29 is 18.8 Å². The lowest BCUT2D eigenvalue weighted by molar-refractivity contribution is -0.117. The predicted octanol–water partition coefficient (Wildman–Crippen LogP) is 5.02. The number of aromatic nitrogens is 2. The van der Waals surface area contributed by atoms with Crippen LogP contribution >= 0.6 is 11.6 Å². The van der Waals surface area contributed by atoms with Gasteiger partial charge in [0.25, 0.3) is 0 Å². The molecule has 0 spiro atoms. The van der Waals surface area contributed by atoms with E-state index in [1.54, 1.807) is 18.1 Å². The lowest BCUT2D eigenvalue weighted by Crippen LogP contribution is -2.24. The fourth-order valence-corrected chi connectivity index (χ4v) is 3.69. The van der Waals surface area contributed by atoms with Crippen molar-refractivity contribution in [3.05, 3.63) is 52.9 Å². The van der Waals surface area contributed by atoms with Crippen molar-refractivity contribution in [3.8, 4) is 22.9 Å². The van der Waals surface area contributed by atoms with Gasteiger partial charge in [0.1, 0.15) is 0 Å². The summed E-state index contributed by atoms with van der Waals surface area (Å²) in [5.74, 6) is 2.03. The molecule has 1 aromatic heterocycles. The fraction of sp³-hybridized carbons (Fsp3) is 0.348. The molecule has 0 N–H and O–H groups in total. The molecule has 1 aliphatic rings. The van der Waals surface area contributed by atoms with Gasteiger partial charge in [0.05, 0.1) is 19.6 Å². The highest BCUT2D eigenvalue weighted by Gasteiger charge is 2.35. The minimum atomic E-state index is -0.168. The Labute approximate surface area is 185 Å². The Morgan fingerprint density at radius 3 is 2.81 bits per heavy atom. The highest BCUT2D eigenvalue weighted by atomic mass is 35.5. The van der Waals surface area contributed by atoms with Crippen LogP contribution in [0.1, 0.15) is 37.1 Å². The lowest BCUT2D eigenvalue weighted by Gasteiger charge is -2.17. The predicted molar refractivity (Wildman–Crippen MR) is 118 cm³/mol. The molecule has 1 fully saturated rings. The molecule has 0 saturated carbocycles. The molecular weight excluding hydrogens is 418 g/mol. The topological polar surface area (TPSA) is 77.7 Å². The third kappa shape index (κ3) is 4.37. The number of ether oxygens (including phenoxy) is 2. The van der Waals surface area contributed by atoms with Crippen LogP contribution < -0.4 is 14.4 Å². The standard InChI is InChI=1S/C23H24ClN3O4/c1-4-9-30-19-8-5-15(11-20(19)29-3)22-25-23(31-26-22)16-12-21(28)27(13-16)17-6-7-18(24)14(2)10-17/h5-8,10-11,16H,4,9,12-13H2,1-3H3. The summed E-state index contributed by atoms with van der Waals surface area (Å²) in [7, 11) is 1.59. The Morgan fingerprint density at radius 1 is 1.23 bits per heavy atom. The molecule has 8 heteroatoms. The number of amides is 1. The van der Waals surface area contributed by atoms with Gasteiger partial charge in [-0.15, -0.1) is 0 Å². The van der Waals surface area contributed by atoms with Crippen LogP contribution in [0.5, 0.6) is 11.5 Å². The third-order valence-electron chi connectivity index (χ3n) is 5.25. The van der Waals surface area contributed by atoms with E-state index in [2.05, 4.69) is 10.1 Å². The maximum Gasteiger partial charge on any atom is 0.232 e. The minimum Gasteiger partial charge on any atom is -0.493 e. The van der Waals surface area contributed by atoms with Crippen molar-refractivity contribution in [2.75, 3.05) is 25.2 Å². The van der Waals surface area contributed by atoms with Crippen molar-refractivity contribution in [3.63, 3.8) is 0 Å². The second-order valence-electron chi connectivity index (χ2n) is 7.51. The van der Waals surface area contributed by atoms with E-state index in [-0.39, 0.29) is 11.8 Å². The third-order valence-corrected chi connectivity index (χ3v) is 5.68. The summed E-state index contributed by atoms with van der Waals surface area (Å²) >= 11 is 6.11. The first-order valence-corrected chi connectivity index (χ1v) is 10.6. The Hall–Kier alpha value is -3.06. The van der Waals surface area contributed by atoms with E-state index >= 15 is 0 Å². The molecule has 0 radical (unpaired) electrons. The highest BCUT2D eigenvalue weighted by molar-refractivity contribution is 6.31. The van der Waals surface area contributed by atoms with E-state index in [0.29, 0.717) is 47.8 Å². The Kier molecular flexibility index (Phi) is 6.13. The Balaban J connectivity index is 1.52. The lowest BCUT2D eigenvalue weighted by atomic mass is 10.1. The minimum absolute atomic E-state index is 0.0190. The molecule has 2 heterocycles. The second-order valence-corrected chi connectivity index (χ2v) is 7.92. The summed E-state index contributed by atoms with van der Waals surface area (Å²) < 4.78 is 16.6. The average molecular weight is 442 g/mol. The van der Waals surface area contributed by atoms with Crippen molar-refractivity contribution >= 4 is 23.2 Å². The molecule has 31 heavy (non-hydrogen) atoms. The van der Waals surface area contributed by atoms with Crippen LogP contribution in [0, 0.1) is 6.92 Å². The number of methoxy groups -OCH3 is 1. The van der Waals surface area contributed by atoms with Crippen LogP contribution in [-0.2, 0) is 4.79 Å². The van der Waals surface area contributed by atoms with Gasteiger partial charge in [0.15, 0.2) is 11.5 Å². The molecule has 162 valence electrons. The van der Waals surface area contributed by atoms with Gasteiger partial charge < -0.3 is 18.9 Å². The van der Waals surface area contributed by atoms with Gasteiger partial charge in [-0.2, -0.15) is 4.98 Å². The van der Waals surface area contributed by atoms with Crippen LogP contribution in [0.4, 0.5) is 5.69 Å². The first kappa shape index (κ1) is 21.2. The summed E-state index contributed by atoms with van der Waals surface area (Å²) in [5.41, 5.74) is 2.50. The molecule has 1 amide bonds. The number of carbonyl (C=O) groups is 1. The monoisotopic (exact) mass is 441 g/mol. The summed E-state index contributed by atoms with van der Waals surface area (Å²) in [6, 6.07) is 11.1. The normalized spacial score (nSPS) is 16.1. The summed E-state index contributed by atoms with van der Waals surface area (Å²) in [6.07, 6.45) is 1.22. The second kappa shape index (κ2) is 8.98. The van der Waals surface area contributed by atoms with Gasteiger partial charge >= 0.3 is 0 Å². The summed E-state index contributed by atoms with van der Waals surface area (Å²) in [4.78, 5) is 18.9. The number of hydrogen-bond donors (Lipinski definition) is 0. The van der Waals surface area contributed by atoms with Gasteiger partial charge in [0, 0.05) is 29.2 Å². The largest absolute Gasteiger partial charge is 0.493 e. The van der Waals surface area contributed by atoms with Crippen molar-refractivity contribution in [2.24, 2.45) is 0 Å². The molecule has 1 unspecified atom stereocenters. The molecule has 0 aliphatic carbocycles. The first-order valence-electron chi connectivity index (χ1n) is 10.2. The van der Waals surface area contributed by atoms with Crippen LogP contribution in [0.2, 0.25) is 5.02 Å². The molecule has 1 aliphatic heterocycles. The van der Waals surface area contributed by atoms with E-state index < -0.39 is 0 Å². The molecule has 4 rings (SSSR count). The van der Waals surface area contributed by atoms with Gasteiger partial charge in [-0.3, -0.25) is 4.79 Å². The maximum absolute atomic E-state index is 12.6. The molecule has 3 aromatic rings. The number of hydrogen-bond acceptors (Lipinski definition) is 6. The SMILES string of the molecule is CCCOc1ccc(-c2noc(C3CC(=O)N(c4ccc(Cl)c(C)c4)C3)n2)cc1OC. The quantitative estimate of drug-likeness (QED) is 0.512. The van der Waals surface area contributed by atoms with Crippen LogP contribution in [0.25, 0.3) is 11.4 Å². The Morgan fingerprint density at radius 2 is 2.06 bits per heavy atom. The van der Waals surface area contributed by atoms with E-state index in [1.807, 2.05) is 44.2 Å². The Bertz CT molecular complexity index is 1100. The maximum atomic E-state index is 12.6. The van der Waals surface area contributed by atoms with E-state index in [4.69, 9.17) is 25.6 Å². The fourth-order valence-electron chi connectivity index (χ4n) is 3.58. The molecule has 0 bridgehead atoms. The average Bonchev–Trinajstić information content (AvgIpc) is 3.41. The van der Waals surface area contributed by atoms with E-state index in [1.165, 1.54) is 0 Å². The van der Waals surface area contributed by atoms with Gasteiger partial charge in [0.2, 0.25) is 17.6 Å². The molecule has 1 saturated heterocycles. The smallest absolute Gasteiger partial charge is 0.232 e. The van der Waals surface area contributed by atoms with Gasteiger partial charge in [-0.1, -0.05) is 23.7 Å². The van der Waals surface area contributed by atoms with Crippen molar-refractivity contribution in [2.45, 2.75) is 32.6 Å². The molecular formula is C23H24ClN3O4. The number of rotatable bonds is 7. The van der Waals surface area contributed by atoms with Crippen LogP contribution in [0.3, 0.4) is 0 Å². The molecule has 7 nitrogen and oxygen atoms in total. The zero-order valence-electron chi connectivity index (χ0n) is 17.7. The number of anilines is 1. The van der Waals surface area contributed by atoms with Crippen LogP contribution in [0.15, 0.2) is 40.9 Å².